The number of amides is 2. The smallest absolute Gasteiger partial charge is 0.261 e. The minimum Gasteiger partial charge on any atom is -0.484 e. The van der Waals surface area contributed by atoms with Crippen LogP contribution in [0.4, 0.5) is 0 Å². The van der Waals surface area contributed by atoms with Gasteiger partial charge in [-0.15, -0.1) is 0 Å². The summed E-state index contributed by atoms with van der Waals surface area (Å²) in [5, 5.41) is 3.41. The number of nitrogens with zero attached hydrogens (tertiary/aromatic N) is 1. The van der Waals surface area contributed by atoms with Gasteiger partial charge in [0.2, 0.25) is 5.91 Å². The maximum absolute atomic E-state index is 13.0. The number of carbonyl (C=O) groups excluding carboxylic acids is 2. The Labute approximate surface area is 171 Å². The van der Waals surface area contributed by atoms with E-state index in [-0.39, 0.29) is 31.0 Å². The fraction of sp³-hybridized carbons (Fsp3) is 0.364. The summed E-state index contributed by atoms with van der Waals surface area (Å²) in [5.41, 5.74) is 1.72. The molecule has 0 heterocycles. The van der Waals surface area contributed by atoms with Gasteiger partial charge in [-0.3, -0.25) is 9.59 Å². The summed E-state index contributed by atoms with van der Waals surface area (Å²) in [6.45, 7) is 7.45. The standard InChI is InChI=1S/C22H27ClN2O3/c1-15(2)24-22(27)17(4)25(13-18-10-6-7-11-19(18)23)21(26)14-28-20-12-8-5-9-16(20)3/h5-12,15,17H,13-14H2,1-4H3,(H,24,27)/t17-/m0/s1. The van der Waals surface area contributed by atoms with Crippen LogP contribution < -0.4 is 10.1 Å². The van der Waals surface area contributed by atoms with E-state index < -0.39 is 6.04 Å². The Morgan fingerprint density at radius 1 is 1.07 bits per heavy atom. The maximum atomic E-state index is 13.0. The van der Waals surface area contributed by atoms with Gasteiger partial charge < -0.3 is 15.0 Å². The number of benzene rings is 2. The van der Waals surface area contributed by atoms with Crippen LogP contribution in [-0.2, 0) is 16.1 Å². The molecule has 1 atom stereocenters. The number of aryl methyl sites for hydroxylation is 1. The van der Waals surface area contributed by atoms with Gasteiger partial charge in [0.05, 0.1) is 0 Å². The Morgan fingerprint density at radius 3 is 2.36 bits per heavy atom. The van der Waals surface area contributed by atoms with Crippen LogP contribution >= 0.6 is 11.6 Å². The second-order valence-electron chi connectivity index (χ2n) is 7.01. The Morgan fingerprint density at radius 2 is 1.71 bits per heavy atom. The lowest BCUT2D eigenvalue weighted by Crippen LogP contribution is -2.50. The number of ether oxygens (including phenoxy) is 1. The van der Waals surface area contributed by atoms with Crippen molar-refractivity contribution in [3.8, 4) is 5.75 Å². The van der Waals surface area contributed by atoms with Gasteiger partial charge in [-0.25, -0.2) is 0 Å². The van der Waals surface area contributed by atoms with Crippen molar-refractivity contribution in [2.24, 2.45) is 0 Å². The number of nitrogens with one attached hydrogen (secondary N) is 1. The Balaban J connectivity index is 2.18. The van der Waals surface area contributed by atoms with Gasteiger partial charge in [0.1, 0.15) is 11.8 Å². The summed E-state index contributed by atoms with van der Waals surface area (Å²) in [6, 6.07) is 14.1. The molecule has 0 radical (unpaired) electrons. The van der Waals surface area contributed by atoms with E-state index in [1.54, 1.807) is 13.0 Å². The molecule has 0 unspecified atom stereocenters. The summed E-state index contributed by atoms with van der Waals surface area (Å²) in [5.74, 6) is 0.147. The highest BCUT2D eigenvalue weighted by atomic mass is 35.5. The fourth-order valence-electron chi connectivity index (χ4n) is 2.74. The number of rotatable bonds is 8. The number of carbonyl (C=O) groups is 2. The third-order valence-corrected chi connectivity index (χ3v) is 4.71. The molecule has 0 saturated carbocycles. The third kappa shape index (κ3) is 5.99. The van der Waals surface area contributed by atoms with Crippen LogP contribution in [0.2, 0.25) is 5.02 Å². The topological polar surface area (TPSA) is 58.6 Å². The van der Waals surface area contributed by atoms with Crippen LogP contribution in [0.3, 0.4) is 0 Å². The molecule has 28 heavy (non-hydrogen) atoms. The Hall–Kier alpha value is -2.53. The zero-order valence-electron chi connectivity index (χ0n) is 16.7. The van der Waals surface area contributed by atoms with E-state index >= 15 is 0 Å². The molecule has 0 bridgehead atoms. The molecule has 2 rings (SSSR count). The second-order valence-corrected chi connectivity index (χ2v) is 7.41. The van der Waals surface area contributed by atoms with Gasteiger partial charge in [0.15, 0.2) is 6.61 Å². The van der Waals surface area contributed by atoms with E-state index in [1.165, 1.54) is 4.90 Å². The molecule has 0 aliphatic rings. The van der Waals surface area contributed by atoms with Crippen LogP contribution in [0, 0.1) is 6.92 Å². The van der Waals surface area contributed by atoms with Crippen molar-refractivity contribution < 1.29 is 14.3 Å². The van der Waals surface area contributed by atoms with Gasteiger partial charge in [-0.1, -0.05) is 48.0 Å². The van der Waals surface area contributed by atoms with Crippen LogP contribution in [-0.4, -0.2) is 35.4 Å². The van der Waals surface area contributed by atoms with Crippen molar-refractivity contribution >= 4 is 23.4 Å². The highest BCUT2D eigenvalue weighted by Crippen LogP contribution is 2.20. The maximum Gasteiger partial charge on any atom is 0.261 e. The quantitative estimate of drug-likeness (QED) is 0.726. The van der Waals surface area contributed by atoms with Crippen LogP contribution in [0.1, 0.15) is 31.9 Å². The molecule has 2 aromatic rings. The van der Waals surface area contributed by atoms with Crippen molar-refractivity contribution in [1.29, 1.82) is 0 Å². The summed E-state index contributed by atoms with van der Waals surface area (Å²) in [7, 11) is 0. The molecule has 0 aliphatic carbocycles. The average Bonchev–Trinajstić information content (AvgIpc) is 2.65. The molecular formula is C22H27ClN2O3. The molecule has 6 heteroatoms. The molecule has 2 aromatic carbocycles. The summed E-state index contributed by atoms with van der Waals surface area (Å²) < 4.78 is 5.70. The number of hydrogen-bond acceptors (Lipinski definition) is 3. The molecule has 1 N–H and O–H groups in total. The molecular weight excluding hydrogens is 376 g/mol. The van der Waals surface area contributed by atoms with Crippen LogP contribution in [0.15, 0.2) is 48.5 Å². The first-order valence-corrected chi connectivity index (χ1v) is 9.69. The lowest BCUT2D eigenvalue weighted by atomic mass is 10.1. The first-order valence-electron chi connectivity index (χ1n) is 9.31. The molecule has 0 aliphatic heterocycles. The first-order chi connectivity index (χ1) is 13.3. The van der Waals surface area contributed by atoms with Gasteiger partial charge in [-0.05, 0) is 51.0 Å². The van der Waals surface area contributed by atoms with Crippen molar-refractivity contribution in [2.75, 3.05) is 6.61 Å². The molecule has 150 valence electrons. The summed E-state index contributed by atoms with van der Waals surface area (Å²) >= 11 is 6.27. The van der Waals surface area contributed by atoms with Crippen LogP contribution in [0.5, 0.6) is 5.75 Å². The molecule has 0 aromatic heterocycles. The molecule has 0 fully saturated rings. The average molecular weight is 403 g/mol. The van der Waals surface area contributed by atoms with E-state index in [0.29, 0.717) is 10.8 Å². The van der Waals surface area contributed by atoms with Gasteiger partial charge in [-0.2, -0.15) is 0 Å². The van der Waals surface area contributed by atoms with E-state index in [0.717, 1.165) is 11.1 Å². The molecule has 5 nitrogen and oxygen atoms in total. The minimum absolute atomic E-state index is 0.0181. The van der Waals surface area contributed by atoms with Crippen LogP contribution in [0.25, 0.3) is 0 Å². The number of halogens is 1. The van der Waals surface area contributed by atoms with Crippen molar-refractivity contribution in [2.45, 2.75) is 46.3 Å². The lowest BCUT2D eigenvalue weighted by Gasteiger charge is -2.29. The zero-order chi connectivity index (χ0) is 20.7. The van der Waals surface area contributed by atoms with E-state index in [1.807, 2.05) is 63.2 Å². The first kappa shape index (κ1) is 21.8. The van der Waals surface area contributed by atoms with Crippen molar-refractivity contribution in [3.05, 3.63) is 64.7 Å². The van der Waals surface area contributed by atoms with Crippen molar-refractivity contribution in [3.63, 3.8) is 0 Å². The van der Waals surface area contributed by atoms with Gasteiger partial charge >= 0.3 is 0 Å². The van der Waals surface area contributed by atoms with Crippen molar-refractivity contribution in [1.82, 2.24) is 10.2 Å². The minimum atomic E-state index is -0.661. The van der Waals surface area contributed by atoms with E-state index in [4.69, 9.17) is 16.3 Å². The second kappa shape index (κ2) is 10.1. The highest BCUT2D eigenvalue weighted by molar-refractivity contribution is 6.31. The molecule has 2 amide bonds. The number of hydrogen-bond donors (Lipinski definition) is 1. The third-order valence-electron chi connectivity index (χ3n) is 4.34. The summed E-state index contributed by atoms with van der Waals surface area (Å²) in [4.78, 5) is 27.0. The molecule has 0 saturated heterocycles. The SMILES string of the molecule is Cc1ccccc1OCC(=O)N(Cc1ccccc1Cl)[C@@H](C)C(=O)NC(C)C. The lowest BCUT2D eigenvalue weighted by molar-refractivity contribution is -0.142. The highest BCUT2D eigenvalue weighted by Gasteiger charge is 2.27. The predicted molar refractivity (Wildman–Crippen MR) is 111 cm³/mol. The molecule has 0 spiro atoms. The fourth-order valence-corrected chi connectivity index (χ4v) is 2.93. The Kier molecular flexibility index (Phi) is 7.88. The largest absolute Gasteiger partial charge is 0.484 e. The Bertz CT molecular complexity index is 823. The monoisotopic (exact) mass is 402 g/mol. The zero-order valence-corrected chi connectivity index (χ0v) is 17.5. The normalized spacial score (nSPS) is 11.8. The number of para-hydroxylation sites is 1. The van der Waals surface area contributed by atoms with E-state index in [9.17, 15) is 9.59 Å². The van der Waals surface area contributed by atoms with Gasteiger partial charge in [0.25, 0.3) is 5.91 Å². The summed E-state index contributed by atoms with van der Waals surface area (Å²) in [6.07, 6.45) is 0. The predicted octanol–water partition coefficient (Wildman–Crippen LogP) is 3.97. The van der Waals surface area contributed by atoms with E-state index in [2.05, 4.69) is 5.32 Å². The van der Waals surface area contributed by atoms with Gasteiger partial charge in [0, 0.05) is 17.6 Å².